The van der Waals surface area contributed by atoms with E-state index in [2.05, 4.69) is 56.3 Å². The van der Waals surface area contributed by atoms with Crippen molar-refractivity contribution in [1.82, 2.24) is 37.2 Å². The number of amides is 8. The number of ketones is 1. The van der Waals surface area contributed by atoms with Gasteiger partial charge in [-0.2, -0.15) is 0 Å². The van der Waals surface area contributed by atoms with E-state index < -0.39 is 96.3 Å². The molecule has 5 atom stereocenters. The number of aliphatic hydroxyl groups excluding tert-OH is 1. The van der Waals surface area contributed by atoms with E-state index in [0.29, 0.717) is 24.9 Å². The molecule has 2 aromatic rings. The van der Waals surface area contributed by atoms with Gasteiger partial charge in [-0.15, -0.1) is 0 Å². The van der Waals surface area contributed by atoms with Crippen LogP contribution in [0.25, 0.3) is 11.1 Å². The topological polar surface area (TPSA) is 310 Å². The molecule has 0 aliphatic rings. The van der Waals surface area contributed by atoms with Crippen molar-refractivity contribution < 1.29 is 48.3 Å². The molecular weight excluding hydrogens is 779 g/mol. The predicted molar refractivity (Wildman–Crippen MR) is 221 cm³/mol. The smallest absolute Gasteiger partial charge is 0.289 e. The number of benzene rings is 2. The minimum Gasteiger partial charge on any atom is -0.391 e. The van der Waals surface area contributed by atoms with E-state index in [4.69, 9.17) is 11.5 Å². The lowest BCUT2D eigenvalue weighted by Crippen LogP contribution is -2.60. The second kappa shape index (κ2) is 26.0. The zero-order valence-corrected chi connectivity index (χ0v) is 34.6. The van der Waals surface area contributed by atoms with Crippen LogP contribution < -0.4 is 48.7 Å². The Labute approximate surface area is 349 Å². The lowest BCUT2D eigenvalue weighted by molar-refractivity contribution is -0.138. The Hall–Kier alpha value is -6.21. The summed E-state index contributed by atoms with van der Waals surface area (Å²) in [4.78, 5) is 113. The SMILES string of the molecule is CCCCc1ccc(-c2ccc(C(=O)NCCC(=O)N[C@@H](CCCCN)C(=O)N[C@H](C(=O)N[C@@H](C)C(=O)N[C@@H](CC(N)=O)C(=O)NCC(=O)C(=O)NC)C(C)O)cc2)cc1. The van der Waals surface area contributed by atoms with Gasteiger partial charge in [-0.05, 0) is 81.3 Å². The van der Waals surface area contributed by atoms with Crippen LogP contribution in [0.1, 0.15) is 81.6 Å². The number of primary amides is 1. The molecule has 0 aliphatic heterocycles. The molecule has 328 valence electrons. The minimum absolute atomic E-state index is 0.0441. The van der Waals surface area contributed by atoms with Crippen LogP contribution in [0.5, 0.6) is 0 Å². The molecule has 0 aliphatic carbocycles. The molecule has 0 aromatic heterocycles. The summed E-state index contributed by atoms with van der Waals surface area (Å²) in [7, 11) is 1.21. The fourth-order valence-electron chi connectivity index (χ4n) is 5.72. The Morgan fingerprint density at radius 3 is 1.92 bits per heavy atom. The van der Waals surface area contributed by atoms with Crippen molar-refractivity contribution in [2.45, 2.75) is 102 Å². The van der Waals surface area contributed by atoms with Crippen molar-refractivity contribution in [1.29, 1.82) is 0 Å². The van der Waals surface area contributed by atoms with Crippen molar-refractivity contribution >= 4 is 53.0 Å². The summed E-state index contributed by atoms with van der Waals surface area (Å²) >= 11 is 0. The lowest BCUT2D eigenvalue weighted by Gasteiger charge is -2.26. The zero-order valence-electron chi connectivity index (χ0n) is 34.6. The van der Waals surface area contributed by atoms with Crippen molar-refractivity contribution in [2.24, 2.45) is 11.5 Å². The number of aliphatic hydroxyl groups is 1. The summed E-state index contributed by atoms with van der Waals surface area (Å²) in [6.45, 7) is 4.12. The van der Waals surface area contributed by atoms with Crippen LogP contribution in [0.15, 0.2) is 48.5 Å². The Morgan fingerprint density at radius 1 is 0.717 bits per heavy atom. The molecule has 2 aromatic carbocycles. The third-order valence-corrected chi connectivity index (χ3v) is 9.25. The summed E-state index contributed by atoms with van der Waals surface area (Å²) in [6, 6.07) is 9.62. The number of carbonyl (C=O) groups excluding carboxylic acids is 9. The Balaban J connectivity index is 1.99. The monoisotopic (exact) mass is 837 g/mol. The quantitative estimate of drug-likeness (QED) is 0.0388. The molecule has 60 heavy (non-hydrogen) atoms. The van der Waals surface area contributed by atoms with Crippen LogP contribution in [0.2, 0.25) is 0 Å². The van der Waals surface area contributed by atoms with Gasteiger partial charge in [0.15, 0.2) is 0 Å². The van der Waals surface area contributed by atoms with Gasteiger partial charge >= 0.3 is 0 Å². The van der Waals surface area contributed by atoms with Crippen molar-refractivity contribution in [3.63, 3.8) is 0 Å². The molecule has 0 saturated carbocycles. The van der Waals surface area contributed by atoms with E-state index in [-0.39, 0.29) is 19.4 Å². The van der Waals surface area contributed by atoms with Gasteiger partial charge in [-0.25, -0.2) is 0 Å². The minimum atomic E-state index is -1.61. The molecule has 1 unspecified atom stereocenters. The average Bonchev–Trinajstić information content (AvgIpc) is 3.22. The third kappa shape index (κ3) is 17.3. The van der Waals surface area contributed by atoms with Crippen LogP contribution in [-0.2, 0) is 44.8 Å². The number of likely N-dealkylation sites (N-methyl/N-ethyl adjacent to an activating group) is 1. The van der Waals surface area contributed by atoms with Crippen molar-refractivity contribution in [2.75, 3.05) is 26.7 Å². The number of aryl methyl sites for hydroxylation is 1. The van der Waals surface area contributed by atoms with Gasteiger partial charge in [0.2, 0.25) is 41.2 Å². The number of hydrogen-bond acceptors (Lipinski definition) is 11. The number of rotatable bonds is 26. The van der Waals surface area contributed by atoms with Crippen LogP contribution >= 0.6 is 0 Å². The maximum absolute atomic E-state index is 13.4. The standard InChI is InChI=1S/C41H59N9O10/c1-5-6-9-26-11-13-27(14-12-26)28-15-17-29(18-16-28)37(56)45-21-19-34(54)48-30(10-7-8-20-42)39(58)50-35(25(3)51)41(60)47-24(2)36(55)49-31(22-33(43)53)38(57)46-23-32(52)40(59)44-4/h11-18,24-25,30-31,35,51H,5-10,19-23,42H2,1-4H3,(H2,43,53)(H,44,59)(H,45,56)(H,46,57)(H,47,60)(H,48,54)(H,49,55)(H,50,58)/t24-,25?,30-,31-,35-/m0/s1. The normalized spacial score (nSPS) is 13.2. The third-order valence-electron chi connectivity index (χ3n) is 9.25. The maximum Gasteiger partial charge on any atom is 0.289 e. The first-order valence-electron chi connectivity index (χ1n) is 19.9. The summed E-state index contributed by atoms with van der Waals surface area (Å²) in [5, 5.41) is 26.9. The summed E-state index contributed by atoms with van der Waals surface area (Å²) in [5.74, 6) is -7.74. The second-order valence-electron chi connectivity index (χ2n) is 14.2. The van der Waals surface area contributed by atoms with E-state index in [1.165, 1.54) is 26.5 Å². The van der Waals surface area contributed by atoms with Crippen LogP contribution in [0, 0.1) is 0 Å². The first-order chi connectivity index (χ1) is 28.5. The van der Waals surface area contributed by atoms with Crippen molar-refractivity contribution in [3.05, 3.63) is 59.7 Å². The maximum atomic E-state index is 13.4. The summed E-state index contributed by atoms with van der Waals surface area (Å²) < 4.78 is 0. The van der Waals surface area contributed by atoms with Crippen LogP contribution in [-0.4, -0.2) is 115 Å². The van der Waals surface area contributed by atoms with E-state index in [1.54, 1.807) is 12.1 Å². The first-order valence-corrected chi connectivity index (χ1v) is 19.9. The Bertz CT molecular complexity index is 1800. The van der Waals surface area contributed by atoms with E-state index in [0.717, 1.165) is 30.4 Å². The molecule has 0 radical (unpaired) electrons. The van der Waals surface area contributed by atoms with Gasteiger partial charge in [0.05, 0.1) is 19.1 Å². The highest BCUT2D eigenvalue weighted by Gasteiger charge is 2.32. The Morgan fingerprint density at radius 2 is 1.35 bits per heavy atom. The molecule has 19 heteroatoms. The summed E-state index contributed by atoms with van der Waals surface area (Å²) in [5.41, 5.74) is 14.5. The molecule has 0 saturated heterocycles. The second-order valence-corrected chi connectivity index (χ2v) is 14.2. The summed E-state index contributed by atoms with van der Waals surface area (Å²) in [6.07, 6.45) is 1.98. The fraction of sp³-hybridized carbons (Fsp3) is 0.488. The van der Waals surface area contributed by atoms with Gasteiger partial charge in [0, 0.05) is 25.6 Å². The van der Waals surface area contributed by atoms with Gasteiger partial charge in [-0.1, -0.05) is 49.7 Å². The fourth-order valence-corrected chi connectivity index (χ4v) is 5.72. The van der Waals surface area contributed by atoms with E-state index >= 15 is 0 Å². The van der Waals surface area contributed by atoms with Gasteiger partial charge in [-0.3, -0.25) is 43.2 Å². The highest BCUT2D eigenvalue weighted by molar-refractivity contribution is 6.37. The molecule has 0 fully saturated rings. The lowest BCUT2D eigenvalue weighted by atomic mass is 10.0. The number of nitrogens with one attached hydrogen (secondary N) is 7. The average molecular weight is 838 g/mol. The van der Waals surface area contributed by atoms with Gasteiger partial charge in [0.1, 0.15) is 24.2 Å². The van der Waals surface area contributed by atoms with Gasteiger partial charge < -0.3 is 53.8 Å². The molecule has 8 amide bonds. The Kier molecular flexibility index (Phi) is 21.6. The highest BCUT2D eigenvalue weighted by Crippen LogP contribution is 2.21. The molecule has 0 heterocycles. The molecule has 0 spiro atoms. The number of hydrogen-bond donors (Lipinski definition) is 10. The van der Waals surface area contributed by atoms with E-state index in [9.17, 15) is 48.3 Å². The molecular formula is C41H59N9O10. The van der Waals surface area contributed by atoms with Crippen molar-refractivity contribution in [3.8, 4) is 11.1 Å². The largest absolute Gasteiger partial charge is 0.391 e. The molecule has 19 nitrogen and oxygen atoms in total. The van der Waals surface area contributed by atoms with Crippen LogP contribution in [0.3, 0.4) is 0 Å². The molecule has 12 N–H and O–H groups in total. The number of Topliss-reactive ketones (excluding diaryl/α,β-unsaturated/α-hetero) is 1. The zero-order chi connectivity index (χ0) is 44.8. The molecule has 2 rings (SSSR count). The van der Waals surface area contributed by atoms with Crippen LogP contribution in [0.4, 0.5) is 0 Å². The molecule has 0 bridgehead atoms. The number of unbranched alkanes of at least 4 members (excludes halogenated alkanes) is 2. The van der Waals surface area contributed by atoms with E-state index in [1.807, 2.05) is 24.3 Å². The van der Waals surface area contributed by atoms with Gasteiger partial charge in [0.25, 0.3) is 11.8 Å². The highest BCUT2D eigenvalue weighted by atomic mass is 16.3. The number of nitrogens with two attached hydrogens (primary N) is 2. The first kappa shape index (κ1) is 49.9. The number of carbonyl (C=O) groups is 9. The predicted octanol–water partition coefficient (Wildman–Crippen LogP) is -1.41.